The lowest BCUT2D eigenvalue weighted by molar-refractivity contribution is 0.0303. The number of ether oxygens (including phenoxy) is 1. The fourth-order valence-corrected chi connectivity index (χ4v) is 4.77. The van der Waals surface area contributed by atoms with E-state index in [0.29, 0.717) is 31.7 Å². The number of piperidine rings is 1. The van der Waals surface area contributed by atoms with Gasteiger partial charge in [0.05, 0.1) is 13.2 Å². The molecule has 148 valence electrons. The van der Waals surface area contributed by atoms with Crippen LogP contribution in [0.5, 0.6) is 0 Å². The molecule has 1 aromatic rings. The fraction of sp³-hybridized carbons (Fsp3) is 0.714. The van der Waals surface area contributed by atoms with Crippen molar-refractivity contribution >= 4 is 11.7 Å². The van der Waals surface area contributed by atoms with E-state index in [2.05, 4.69) is 21.8 Å². The molecular formula is C21H32N4O2. The number of anilines is 1. The molecule has 4 rings (SSSR count). The zero-order valence-electron chi connectivity index (χ0n) is 16.5. The molecule has 0 bridgehead atoms. The van der Waals surface area contributed by atoms with Crippen molar-refractivity contribution in [3.63, 3.8) is 0 Å². The number of rotatable bonds is 2. The molecule has 3 saturated heterocycles. The monoisotopic (exact) mass is 372 g/mol. The molecule has 3 aliphatic rings. The van der Waals surface area contributed by atoms with E-state index in [9.17, 15) is 4.79 Å². The minimum absolute atomic E-state index is 0.0993. The van der Waals surface area contributed by atoms with Crippen molar-refractivity contribution in [3.8, 4) is 0 Å². The molecule has 0 saturated carbocycles. The van der Waals surface area contributed by atoms with Gasteiger partial charge >= 0.3 is 0 Å². The summed E-state index contributed by atoms with van der Waals surface area (Å²) in [5.74, 6) is 1.05. The quantitative estimate of drug-likeness (QED) is 0.797. The molecule has 0 N–H and O–H groups in total. The Morgan fingerprint density at radius 2 is 1.78 bits per heavy atom. The normalized spacial score (nSPS) is 24.0. The maximum atomic E-state index is 12.8. The third-order valence-electron chi connectivity index (χ3n) is 6.71. The molecule has 0 aromatic carbocycles. The molecule has 4 heterocycles. The Bertz CT molecular complexity index is 651. The molecule has 27 heavy (non-hydrogen) atoms. The van der Waals surface area contributed by atoms with Gasteiger partial charge in [-0.2, -0.15) is 0 Å². The van der Waals surface area contributed by atoms with Crippen LogP contribution in [0.4, 0.5) is 5.82 Å². The predicted molar refractivity (Wildman–Crippen MR) is 106 cm³/mol. The molecule has 3 fully saturated rings. The molecule has 0 atom stereocenters. The SMILES string of the molecule is CN1CCCC2(CC1)CCN(c1cc(C(=O)N3CCOCC3)ccn1)CC2. The van der Waals surface area contributed by atoms with Gasteiger partial charge in [-0.3, -0.25) is 4.79 Å². The zero-order valence-corrected chi connectivity index (χ0v) is 16.5. The van der Waals surface area contributed by atoms with E-state index < -0.39 is 0 Å². The van der Waals surface area contributed by atoms with Gasteiger partial charge < -0.3 is 19.4 Å². The molecule has 0 aliphatic carbocycles. The number of hydrogen-bond acceptors (Lipinski definition) is 5. The van der Waals surface area contributed by atoms with Crippen LogP contribution in [0.25, 0.3) is 0 Å². The van der Waals surface area contributed by atoms with Crippen molar-refractivity contribution in [2.75, 3.05) is 64.4 Å². The largest absolute Gasteiger partial charge is 0.378 e. The van der Waals surface area contributed by atoms with Crippen molar-refractivity contribution in [2.45, 2.75) is 32.1 Å². The highest BCUT2D eigenvalue weighted by Gasteiger charge is 2.36. The molecule has 0 unspecified atom stereocenters. The number of morpholine rings is 1. The van der Waals surface area contributed by atoms with Crippen molar-refractivity contribution in [2.24, 2.45) is 5.41 Å². The van der Waals surface area contributed by atoms with Crippen LogP contribution in [-0.2, 0) is 4.74 Å². The van der Waals surface area contributed by atoms with E-state index >= 15 is 0 Å². The van der Waals surface area contributed by atoms with Crippen LogP contribution in [0.3, 0.4) is 0 Å². The van der Waals surface area contributed by atoms with E-state index in [0.717, 1.165) is 24.5 Å². The first-order valence-corrected chi connectivity index (χ1v) is 10.4. The van der Waals surface area contributed by atoms with Crippen LogP contribution in [-0.4, -0.2) is 80.2 Å². The van der Waals surface area contributed by atoms with Crippen molar-refractivity contribution in [1.82, 2.24) is 14.8 Å². The van der Waals surface area contributed by atoms with Gasteiger partial charge in [0.1, 0.15) is 5.82 Å². The number of hydrogen-bond donors (Lipinski definition) is 0. The molecule has 6 nitrogen and oxygen atoms in total. The lowest BCUT2D eigenvalue weighted by atomic mass is 9.73. The average Bonchev–Trinajstić information content (AvgIpc) is 2.90. The van der Waals surface area contributed by atoms with Gasteiger partial charge in [-0.1, -0.05) is 0 Å². The van der Waals surface area contributed by atoms with E-state index in [4.69, 9.17) is 4.74 Å². The fourth-order valence-electron chi connectivity index (χ4n) is 4.77. The Labute approximate surface area is 162 Å². The number of amides is 1. The Kier molecular flexibility index (Phi) is 5.64. The van der Waals surface area contributed by atoms with Crippen LogP contribution in [0.15, 0.2) is 18.3 Å². The number of pyridine rings is 1. The maximum absolute atomic E-state index is 12.8. The van der Waals surface area contributed by atoms with Crippen LogP contribution < -0.4 is 4.90 Å². The minimum atomic E-state index is 0.0993. The van der Waals surface area contributed by atoms with Crippen molar-refractivity contribution in [1.29, 1.82) is 0 Å². The van der Waals surface area contributed by atoms with Gasteiger partial charge in [0.25, 0.3) is 5.91 Å². The summed E-state index contributed by atoms with van der Waals surface area (Å²) in [6.45, 7) is 7.17. The lowest BCUT2D eigenvalue weighted by Gasteiger charge is -2.42. The number of nitrogens with zero attached hydrogens (tertiary/aromatic N) is 4. The van der Waals surface area contributed by atoms with Gasteiger partial charge in [-0.05, 0) is 69.8 Å². The van der Waals surface area contributed by atoms with Gasteiger partial charge in [0, 0.05) is 37.9 Å². The second-order valence-electron chi connectivity index (χ2n) is 8.45. The lowest BCUT2D eigenvalue weighted by Crippen LogP contribution is -2.42. The number of carbonyl (C=O) groups is 1. The summed E-state index contributed by atoms with van der Waals surface area (Å²) < 4.78 is 5.36. The molecule has 1 aromatic heterocycles. The smallest absolute Gasteiger partial charge is 0.254 e. The van der Waals surface area contributed by atoms with Crippen LogP contribution >= 0.6 is 0 Å². The molecule has 1 spiro atoms. The second-order valence-corrected chi connectivity index (χ2v) is 8.45. The van der Waals surface area contributed by atoms with Crippen LogP contribution in [0, 0.1) is 5.41 Å². The Balaban J connectivity index is 1.40. The van der Waals surface area contributed by atoms with E-state index in [1.165, 1.54) is 45.2 Å². The van der Waals surface area contributed by atoms with E-state index in [-0.39, 0.29) is 5.91 Å². The highest BCUT2D eigenvalue weighted by atomic mass is 16.5. The predicted octanol–water partition coefficient (Wildman–Crippen LogP) is 2.26. The summed E-state index contributed by atoms with van der Waals surface area (Å²) in [6, 6.07) is 3.82. The third kappa shape index (κ3) is 4.27. The van der Waals surface area contributed by atoms with Crippen LogP contribution in [0.1, 0.15) is 42.5 Å². The average molecular weight is 373 g/mol. The summed E-state index contributed by atoms with van der Waals surface area (Å²) in [4.78, 5) is 24.1. The minimum Gasteiger partial charge on any atom is -0.378 e. The van der Waals surface area contributed by atoms with Crippen LogP contribution in [0.2, 0.25) is 0 Å². The van der Waals surface area contributed by atoms with E-state index in [1.54, 1.807) is 6.20 Å². The molecular weight excluding hydrogens is 340 g/mol. The third-order valence-corrected chi connectivity index (χ3v) is 6.71. The number of carbonyl (C=O) groups excluding carboxylic acids is 1. The molecule has 6 heteroatoms. The van der Waals surface area contributed by atoms with E-state index in [1.807, 2.05) is 17.0 Å². The highest BCUT2D eigenvalue weighted by Crippen LogP contribution is 2.41. The Morgan fingerprint density at radius 1 is 1.04 bits per heavy atom. The topological polar surface area (TPSA) is 48.9 Å². The molecule has 0 radical (unpaired) electrons. The standard InChI is InChI=1S/C21H32N4O2/c1-23-9-2-4-21(5-10-23)6-11-24(12-7-21)19-17-18(3-8-22-19)20(26)25-13-15-27-16-14-25/h3,8,17H,2,4-7,9-16H2,1H3. The maximum Gasteiger partial charge on any atom is 0.254 e. The van der Waals surface area contributed by atoms with Gasteiger partial charge in [0.15, 0.2) is 0 Å². The summed E-state index contributed by atoms with van der Waals surface area (Å²) in [7, 11) is 2.25. The second kappa shape index (κ2) is 8.15. The first-order chi connectivity index (χ1) is 13.2. The van der Waals surface area contributed by atoms with Gasteiger partial charge in [-0.15, -0.1) is 0 Å². The zero-order chi connectivity index (χ0) is 18.7. The van der Waals surface area contributed by atoms with Crippen molar-refractivity contribution in [3.05, 3.63) is 23.9 Å². The van der Waals surface area contributed by atoms with Gasteiger partial charge in [0.2, 0.25) is 0 Å². The Morgan fingerprint density at radius 3 is 2.56 bits per heavy atom. The number of likely N-dealkylation sites (tertiary alicyclic amines) is 1. The number of aromatic nitrogens is 1. The van der Waals surface area contributed by atoms with Gasteiger partial charge in [-0.25, -0.2) is 4.98 Å². The summed E-state index contributed by atoms with van der Waals surface area (Å²) in [5.41, 5.74) is 1.26. The molecule has 3 aliphatic heterocycles. The summed E-state index contributed by atoms with van der Waals surface area (Å²) in [6.07, 6.45) is 8.26. The summed E-state index contributed by atoms with van der Waals surface area (Å²) >= 11 is 0. The Hall–Kier alpha value is -1.66. The molecule has 1 amide bonds. The van der Waals surface area contributed by atoms with Crippen molar-refractivity contribution < 1.29 is 9.53 Å². The summed E-state index contributed by atoms with van der Waals surface area (Å²) in [5, 5.41) is 0. The first-order valence-electron chi connectivity index (χ1n) is 10.4. The highest BCUT2D eigenvalue weighted by molar-refractivity contribution is 5.94. The first kappa shape index (κ1) is 18.7.